The van der Waals surface area contributed by atoms with Crippen molar-refractivity contribution in [2.45, 2.75) is 45.3 Å². The molecule has 0 aromatic heterocycles. The number of nitrogens with two attached hydrogens (primary N) is 1. The Labute approximate surface area is 208 Å². The summed E-state index contributed by atoms with van der Waals surface area (Å²) in [5.41, 5.74) is 7.61. The first kappa shape index (κ1) is 29.2. The summed E-state index contributed by atoms with van der Waals surface area (Å²) in [5, 5.41) is 5.20. The summed E-state index contributed by atoms with van der Waals surface area (Å²) < 4.78 is 4.87. The smallest absolute Gasteiger partial charge is 0.328 e. The van der Waals surface area contributed by atoms with E-state index in [-0.39, 0.29) is 30.9 Å². The molecule has 0 fully saturated rings. The molecule has 0 bridgehead atoms. The Kier molecular flexibility index (Phi) is 13.4. The first-order valence-corrected chi connectivity index (χ1v) is 12.6. The maximum Gasteiger partial charge on any atom is 0.328 e. The van der Waals surface area contributed by atoms with E-state index in [4.69, 9.17) is 10.5 Å². The number of carbonyl (C=O) groups is 2. The van der Waals surface area contributed by atoms with Gasteiger partial charge in [0, 0.05) is 19.1 Å². The zero-order valence-electron chi connectivity index (χ0n) is 20.1. The number of hydrogen-bond donors (Lipinski definition) is 2. The first-order chi connectivity index (χ1) is 15.4. The van der Waals surface area contributed by atoms with Gasteiger partial charge in [0.05, 0.1) is 13.7 Å². The predicted molar refractivity (Wildman–Crippen MR) is 141 cm³/mol. The van der Waals surface area contributed by atoms with E-state index in [9.17, 15) is 9.59 Å². The number of halogens is 1. The Morgan fingerprint density at radius 2 is 1.88 bits per heavy atom. The van der Waals surface area contributed by atoms with Crippen LogP contribution in [-0.4, -0.2) is 61.1 Å². The molecule has 0 aliphatic rings. The zero-order valence-corrected chi connectivity index (χ0v) is 21.7. The average molecular weight is 496 g/mol. The third kappa shape index (κ3) is 9.16. The first-order valence-electron chi connectivity index (χ1n) is 11.2. The highest BCUT2D eigenvalue weighted by Gasteiger charge is 2.24. The lowest BCUT2D eigenvalue weighted by Crippen LogP contribution is -2.49. The third-order valence-electron chi connectivity index (χ3n) is 5.92. The van der Waals surface area contributed by atoms with Gasteiger partial charge in [0.25, 0.3) is 0 Å². The molecule has 1 amide bonds. The number of esters is 1. The number of hydrogen-bond acceptors (Lipinski definition) is 6. The molecule has 2 aromatic rings. The van der Waals surface area contributed by atoms with Crippen LogP contribution >= 0.6 is 24.2 Å². The quantitative estimate of drug-likeness (QED) is 0.410. The van der Waals surface area contributed by atoms with Crippen LogP contribution in [0.25, 0.3) is 10.8 Å². The van der Waals surface area contributed by atoms with Crippen LogP contribution in [0.15, 0.2) is 42.5 Å². The number of fused-ring (bicyclic) bond motifs is 1. The van der Waals surface area contributed by atoms with E-state index < -0.39 is 12.0 Å². The summed E-state index contributed by atoms with van der Waals surface area (Å²) in [6.07, 6.45) is 3.49. The van der Waals surface area contributed by atoms with Crippen molar-refractivity contribution >= 4 is 46.8 Å². The number of thioether (sulfide) groups is 1. The third-order valence-corrected chi connectivity index (χ3v) is 6.56. The Bertz CT molecular complexity index is 878. The predicted octanol–water partition coefficient (Wildman–Crippen LogP) is 3.85. The minimum absolute atomic E-state index is 0. The van der Waals surface area contributed by atoms with Crippen LogP contribution in [0, 0.1) is 5.92 Å². The number of nitrogens with one attached hydrogen (secondary N) is 1. The average Bonchev–Trinajstić information content (AvgIpc) is 2.80. The second-order valence-electron chi connectivity index (χ2n) is 8.28. The van der Waals surface area contributed by atoms with Crippen LogP contribution in [0.2, 0.25) is 0 Å². The van der Waals surface area contributed by atoms with Crippen molar-refractivity contribution in [3.8, 4) is 0 Å². The lowest BCUT2D eigenvalue weighted by atomic mass is 9.99. The molecule has 33 heavy (non-hydrogen) atoms. The van der Waals surface area contributed by atoms with E-state index in [1.54, 1.807) is 11.8 Å². The highest BCUT2D eigenvalue weighted by atomic mass is 35.5. The number of amides is 1. The number of benzene rings is 2. The lowest BCUT2D eigenvalue weighted by molar-refractivity contribution is -0.145. The number of nitrogens with zero attached hydrogens (tertiary/aromatic N) is 1. The molecule has 0 saturated carbocycles. The summed E-state index contributed by atoms with van der Waals surface area (Å²) >= 11 is 1.63. The van der Waals surface area contributed by atoms with Gasteiger partial charge in [-0.1, -0.05) is 62.7 Å². The largest absolute Gasteiger partial charge is 0.467 e. The van der Waals surface area contributed by atoms with Gasteiger partial charge in [-0.05, 0) is 40.7 Å². The highest BCUT2D eigenvalue weighted by molar-refractivity contribution is 7.98. The fourth-order valence-corrected chi connectivity index (χ4v) is 4.18. The van der Waals surface area contributed by atoms with Crippen LogP contribution in [0.3, 0.4) is 0 Å². The van der Waals surface area contributed by atoms with Gasteiger partial charge in [-0.2, -0.15) is 11.8 Å². The van der Waals surface area contributed by atoms with Crippen LogP contribution < -0.4 is 11.1 Å². The van der Waals surface area contributed by atoms with Crippen molar-refractivity contribution in [1.82, 2.24) is 10.2 Å². The lowest BCUT2D eigenvalue weighted by Gasteiger charge is -2.29. The van der Waals surface area contributed by atoms with Crippen molar-refractivity contribution < 1.29 is 14.3 Å². The van der Waals surface area contributed by atoms with E-state index in [0.717, 1.165) is 17.7 Å². The Balaban J connectivity index is 0.00000544. The normalized spacial score (nSPS) is 13.8. The molecule has 0 radical (unpaired) electrons. The molecule has 2 rings (SSSR count). The summed E-state index contributed by atoms with van der Waals surface area (Å²) in [6, 6.07) is 13.8. The molecule has 0 heterocycles. The molecule has 3 unspecified atom stereocenters. The van der Waals surface area contributed by atoms with E-state index in [2.05, 4.69) is 48.3 Å². The molecule has 184 valence electrons. The summed E-state index contributed by atoms with van der Waals surface area (Å²) in [4.78, 5) is 27.1. The molecule has 0 aliphatic heterocycles. The molecule has 8 heteroatoms. The van der Waals surface area contributed by atoms with Gasteiger partial charge in [-0.3, -0.25) is 9.69 Å². The molecular formula is C25H38ClN3O3S. The number of rotatable bonds is 13. The summed E-state index contributed by atoms with van der Waals surface area (Å²) in [6.45, 7) is 5.63. The Morgan fingerprint density at radius 1 is 1.18 bits per heavy atom. The summed E-state index contributed by atoms with van der Waals surface area (Å²) in [5.74, 6) is 0.499. The van der Waals surface area contributed by atoms with E-state index >= 15 is 0 Å². The standard InChI is InChI=1S/C25H37N3O3S.ClH/c1-5-18(2)22(26)16-28(15-20-11-8-10-19-9-6-7-12-21(19)20)17-24(29)27-23(13-14-32-4)25(30)31-3;/h6-12,18,22-23H,5,13-17,26H2,1-4H3,(H,27,29);1H. The fourth-order valence-electron chi connectivity index (χ4n) is 3.71. The molecule has 3 N–H and O–H groups in total. The zero-order chi connectivity index (χ0) is 23.5. The van der Waals surface area contributed by atoms with E-state index in [0.29, 0.717) is 25.4 Å². The van der Waals surface area contributed by atoms with Crippen LogP contribution in [0.1, 0.15) is 32.3 Å². The monoisotopic (exact) mass is 495 g/mol. The minimum Gasteiger partial charge on any atom is -0.467 e. The topological polar surface area (TPSA) is 84.7 Å². The number of methoxy groups -OCH3 is 1. The van der Waals surface area contributed by atoms with Crippen molar-refractivity contribution in [1.29, 1.82) is 0 Å². The molecule has 6 nitrogen and oxygen atoms in total. The van der Waals surface area contributed by atoms with Gasteiger partial charge in [-0.15, -0.1) is 12.4 Å². The van der Waals surface area contributed by atoms with Gasteiger partial charge in [0.2, 0.25) is 5.91 Å². The van der Waals surface area contributed by atoms with Crippen molar-refractivity contribution in [3.05, 3.63) is 48.0 Å². The maximum absolute atomic E-state index is 12.9. The van der Waals surface area contributed by atoms with Crippen LogP contribution in [0.4, 0.5) is 0 Å². The van der Waals surface area contributed by atoms with Crippen LogP contribution in [-0.2, 0) is 20.9 Å². The van der Waals surface area contributed by atoms with Gasteiger partial charge in [0.1, 0.15) is 6.04 Å². The van der Waals surface area contributed by atoms with Crippen LogP contribution in [0.5, 0.6) is 0 Å². The highest BCUT2D eigenvalue weighted by Crippen LogP contribution is 2.20. The van der Waals surface area contributed by atoms with Crippen molar-refractivity contribution in [3.63, 3.8) is 0 Å². The van der Waals surface area contributed by atoms with Crippen molar-refractivity contribution in [2.75, 3.05) is 32.2 Å². The molecule has 3 atom stereocenters. The van der Waals surface area contributed by atoms with E-state index in [1.165, 1.54) is 17.9 Å². The second-order valence-corrected chi connectivity index (χ2v) is 9.27. The minimum atomic E-state index is -0.636. The maximum atomic E-state index is 12.9. The van der Waals surface area contributed by atoms with Gasteiger partial charge < -0.3 is 15.8 Å². The number of carbonyl (C=O) groups excluding carboxylic acids is 2. The molecule has 0 spiro atoms. The molecular weight excluding hydrogens is 458 g/mol. The molecule has 0 aliphatic carbocycles. The Hall–Kier alpha value is -1.80. The summed E-state index contributed by atoms with van der Waals surface area (Å²) in [7, 11) is 1.35. The second kappa shape index (κ2) is 15.2. The fraction of sp³-hybridized carbons (Fsp3) is 0.520. The molecule has 2 aromatic carbocycles. The Morgan fingerprint density at radius 3 is 2.55 bits per heavy atom. The molecule has 0 saturated heterocycles. The number of ether oxygens (including phenoxy) is 1. The van der Waals surface area contributed by atoms with Crippen molar-refractivity contribution in [2.24, 2.45) is 11.7 Å². The van der Waals surface area contributed by atoms with Gasteiger partial charge in [0.15, 0.2) is 0 Å². The van der Waals surface area contributed by atoms with E-state index in [1.807, 2.05) is 24.5 Å². The van der Waals surface area contributed by atoms with Gasteiger partial charge in [-0.25, -0.2) is 4.79 Å². The SMILES string of the molecule is CCC(C)C(N)CN(CC(=O)NC(CCSC)C(=O)OC)Cc1cccc2ccccc12.Cl. The van der Waals surface area contributed by atoms with Gasteiger partial charge >= 0.3 is 5.97 Å².